The summed E-state index contributed by atoms with van der Waals surface area (Å²) in [5.41, 5.74) is 0. The number of nitrogens with zero attached hydrogens (tertiary/aromatic N) is 1. The first kappa shape index (κ1) is 11.2. The number of hydrogen-bond acceptors (Lipinski definition) is 3. The van der Waals surface area contributed by atoms with Crippen LogP contribution >= 0.6 is 27.3 Å². The smallest absolute Gasteiger partial charge is 0.0701 e. The Morgan fingerprint density at radius 1 is 1.38 bits per heavy atom. The summed E-state index contributed by atoms with van der Waals surface area (Å²) in [6.45, 7) is 6.18. The highest BCUT2D eigenvalue weighted by molar-refractivity contribution is 9.11. The molecule has 2 aliphatic heterocycles. The summed E-state index contributed by atoms with van der Waals surface area (Å²) >= 11 is 5.40. The van der Waals surface area contributed by atoms with Crippen molar-refractivity contribution in [3.05, 3.63) is 20.8 Å². The lowest BCUT2D eigenvalue weighted by molar-refractivity contribution is 0.143. The average Bonchev–Trinajstić information content (AvgIpc) is 2.87. The number of likely N-dealkylation sites (tertiary alicyclic amines) is 1. The molecular weight excluding hydrogens is 284 g/mol. The Balaban J connectivity index is 1.60. The molecule has 2 aliphatic rings. The average molecular weight is 301 g/mol. The Morgan fingerprint density at radius 3 is 3.06 bits per heavy atom. The first-order chi connectivity index (χ1) is 7.81. The van der Waals surface area contributed by atoms with Gasteiger partial charge in [-0.25, -0.2) is 0 Å². The number of rotatable bonds is 2. The third-order valence-electron chi connectivity index (χ3n) is 3.80. The Morgan fingerprint density at radius 2 is 2.25 bits per heavy atom. The largest absolute Gasteiger partial charge is 0.316 e. The van der Waals surface area contributed by atoms with Crippen molar-refractivity contribution in [3.8, 4) is 0 Å². The number of hydrogen-bond donors (Lipinski definition) is 1. The van der Waals surface area contributed by atoms with Crippen LogP contribution in [0.4, 0.5) is 0 Å². The van der Waals surface area contributed by atoms with Crippen molar-refractivity contribution in [1.82, 2.24) is 10.2 Å². The summed E-state index contributed by atoms with van der Waals surface area (Å²) in [6, 6.07) is 4.40. The van der Waals surface area contributed by atoms with E-state index in [4.69, 9.17) is 0 Å². The van der Waals surface area contributed by atoms with Crippen LogP contribution in [0.5, 0.6) is 0 Å². The van der Waals surface area contributed by atoms with E-state index in [1.165, 1.54) is 41.3 Å². The van der Waals surface area contributed by atoms with Gasteiger partial charge in [0.1, 0.15) is 0 Å². The molecule has 2 nitrogen and oxygen atoms in total. The molecule has 4 heteroatoms. The molecule has 3 rings (SSSR count). The van der Waals surface area contributed by atoms with Gasteiger partial charge in [-0.2, -0.15) is 0 Å². The van der Waals surface area contributed by atoms with Gasteiger partial charge in [-0.1, -0.05) is 0 Å². The van der Waals surface area contributed by atoms with Crippen molar-refractivity contribution >= 4 is 27.3 Å². The lowest BCUT2D eigenvalue weighted by atomic mass is 9.89. The summed E-state index contributed by atoms with van der Waals surface area (Å²) in [5, 5.41) is 3.52. The molecule has 2 saturated heterocycles. The molecule has 0 bridgehead atoms. The minimum atomic E-state index is 0.900. The van der Waals surface area contributed by atoms with Crippen LogP contribution in [0, 0.1) is 11.8 Å². The molecule has 2 fully saturated rings. The van der Waals surface area contributed by atoms with E-state index in [2.05, 4.69) is 38.3 Å². The molecule has 1 N–H and O–H groups in total. The van der Waals surface area contributed by atoms with Crippen molar-refractivity contribution in [3.63, 3.8) is 0 Å². The minimum Gasteiger partial charge on any atom is -0.316 e. The number of fused-ring (bicyclic) bond motifs is 1. The molecule has 2 unspecified atom stereocenters. The van der Waals surface area contributed by atoms with E-state index < -0.39 is 0 Å². The zero-order valence-electron chi connectivity index (χ0n) is 9.29. The third-order valence-corrected chi connectivity index (χ3v) is 5.41. The van der Waals surface area contributed by atoms with Gasteiger partial charge in [0, 0.05) is 18.0 Å². The van der Waals surface area contributed by atoms with E-state index in [1.807, 2.05) is 11.3 Å². The van der Waals surface area contributed by atoms with Crippen LogP contribution in [0.3, 0.4) is 0 Å². The lowest BCUT2D eigenvalue weighted by Crippen LogP contribution is -2.39. The Labute approximate surface area is 109 Å². The predicted molar refractivity (Wildman–Crippen MR) is 71.8 cm³/mol. The van der Waals surface area contributed by atoms with Crippen molar-refractivity contribution < 1.29 is 0 Å². The molecule has 3 heterocycles. The SMILES string of the molecule is Brc1ccc(CN2CCC3CNCC3C2)s1. The number of piperidine rings is 1. The van der Waals surface area contributed by atoms with Gasteiger partial charge in [0.15, 0.2) is 0 Å². The van der Waals surface area contributed by atoms with Gasteiger partial charge in [-0.15, -0.1) is 11.3 Å². The van der Waals surface area contributed by atoms with E-state index in [9.17, 15) is 0 Å². The van der Waals surface area contributed by atoms with Crippen LogP contribution in [0.2, 0.25) is 0 Å². The van der Waals surface area contributed by atoms with Gasteiger partial charge < -0.3 is 5.32 Å². The molecule has 0 aliphatic carbocycles. The third kappa shape index (κ3) is 2.35. The predicted octanol–water partition coefficient (Wildman–Crippen LogP) is 2.55. The van der Waals surface area contributed by atoms with Crippen LogP contribution in [-0.4, -0.2) is 31.1 Å². The lowest BCUT2D eigenvalue weighted by Gasteiger charge is -2.34. The van der Waals surface area contributed by atoms with E-state index >= 15 is 0 Å². The van der Waals surface area contributed by atoms with Crippen molar-refractivity contribution in [2.45, 2.75) is 13.0 Å². The fourth-order valence-electron chi connectivity index (χ4n) is 2.91. The fourth-order valence-corrected chi connectivity index (χ4v) is 4.44. The molecule has 0 aromatic carbocycles. The summed E-state index contributed by atoms with van der Waals surface area (Å²) in [4.78, 5) is 4.10. The van der Waals surface area contributed by atoms with Crippen LogP contribution in [0.1, 0.15) is 11.3 Å². The normalized spacial score (nSPS) is 30.6. The standard InChI is InChI=1S/C12H17BrN2S/c13-12-2-1-11(16-12)8-15-4-3-9-5-14-6-10(9)7-15/h1-2,9-10,14H,3-8H2. The molecule has 16 heavy (non-hydrogen) atoms. The molecule has 0 radical (unpaired) electrons. The van der Waals surface area contributed by atoms with E-state index in [1.54, 1.807) is 0 Å². The van der Waals surface area contributed by atoms with Gasteiger partial charge in [0.25, 0.3) is 0 Å². The summed E-state index contributed by atoms with van der Waals surface area (Å²) in [7, 11) is 0. The second-order valence-corrected chi connectivity index (χ2v) is 7.46. The Bertz CT molecular complexity index is 366. The van der Waals surface area contributed by atoms with Gasteiger partial charge in [0.05, 0.1) is 3.79 Å². The molecular formula is C12H17BrN2S. The van der Waals surface area contributed by atoms with E-state index in [0.717, 1.165) is 18.4 Å². The van der Waals surface area contributed by atoms with Crippen LogP contribution in [0.25, 0.3) is 0 Å². The number of nitrogens with one attached hydrogen (secondary N) is 1. The van der Waals surface area contributed by atoms with Gasteiger partial charge in [-0.05, 0) is 66.0 Å². The second kappa shape index (κ2) is 4.77. The highest BCUT2D eigenvalue weighted by Crippen LogP contribution is 2.29. The maximum atomic E-state index is 3.53. The Kier molecular flexibility index (Phi) is 3.34. The molecule has 88 valence electrons. The van der Waals surface area contributed by atoms with Gasteiger partial charge in [-0.3, -0.25) is 4.90 Å². The van der Waals surface area contributed by atoms with Crippen molar-refractivity contribution in [1.29, 1.82) is 0 Å². The maximum Gasteiger partial charge on any atom is 0.0701 e. The molecule has 1 aromatic heterocycles. The van der Waals surface area contributed by atoms with Crippen LogP contribution in [-0.2, 0) is 6.54 Å². The van der Waals surface area contributed by atoms with Crippen LogP contribution < -0.4 is 5.32 Å². The number of thiophene rings is 1. The van der Waals surface area contributed by atoms with Gasteiger partial charge >= 0.3 is 0 Å². The summed E-state index contributed by atoms with van der Waals surface area (Å²) in [5.74, 6) is 1.85. The summed E-state index contributed by atoms with van der Waals surface area (Å²) < 4.78 is 1.25. The zero-order chi connectivity index (χ0) is 11.0. The molecule has 1 aromatic rings. The Hall–Kier alpha value is 0.1000. The highest BCUT2D eigenvalue weighted by Gasteiger charge is 2.32. The first-order valence-electron chi connectivity index (χ1n) is 5.98. The zero-order valence-corrected chi connectivity index (χ0v) is 11.7. The highest BCUT2D eigenvalue weighted by atomic mass is 79.9. The molecule has 0 spiro atoms. The monoisotopic (exact) mass is 300 g/mol. The molecule has 2 atom stereocenters. The number of halogens is 1. The van der Waals surface area contributed by atoms with E-state index in [0.29, 0.717) is 0 Å². The quantitative estimate of drug-likeness (QED) is 0.903. The first-order valence-corrected chi connectivity index (χ1v) is 7.59. The minimum absolute atomic E-state index is 0.900. The van der Waals surface area contributed by atoms with Crippen molar-refractivity contribution in [2.24, 2.45) is 11.8 Å². The second-order valence-electron chi connectivity index (χ2n) is 4.91. The maximum absolute atomic E-state index is 3.53. The molecule has 0 saturated carbocycles. The van der Waals surface area contributed by atoms with Crippen LogP contribution in [0.15, 0.2) is 15.9 Å². The topological polar surface area (TPSA) is 15.3 Å². The molecule has 0 amide bonds. The van der Waals surface area contributed by atoms with E-state index in [-0.39, 0.29) is 0 Å². The van der Waals surface area contributed by atoms with Crippen molar-refractivity contribution in [2.75, 3.05) is 26.2 Å². The summed E-state index contributed by atoms with van der Waals surface area (Å²) in [6.07, 6.45) is 1.38. The fraction of sp³-hybridized carbons (Fsp3) is 0.667. The van der Waals surface area contributed by atoms with Gasteiger partial charge in [0.2, 0.25) is 0 Å².